The maximum absolute atomic E-state index is 11.7. The molecule has 3 aromatic rings. The van der Waals surface area contributed by atoms with Gasteiger partial charge in [0.05, 0.1) is 24.4 Å². The van der Waals surface area contributed by atoms with Crippen molar-refractivity contribution >= 4 is 34.0 Å². The Balaban J connectivity index is 1.63. The van der Waals surface area contributed by atoms with E-state index < -0.39 is 0 Å². The summed E-state index contributed by atoms with van der Waals surface area (Å²) in [6.07, 6.45) is 8.34. The van der Waals surface area contributed by atoms with E-state index in [-0.39, 0.29) is 11.9 Å². The fourth-order valence-corrected chi connectivity index (χ4v) is 3.39. The standard InChI is InChI=1S/C23H21N5O2/c1-4-15-7-6-8-16(9-15)27-23-18-10-20(21(30-3)11-19(18)24-14-25-23)26-17-12-28(13-17)22(29)5-2/h1,5-11,14,17,26H,2,12-13H2,3H3,(H,24,25,27). The molecule has 1 aliphatic rings. The van der Waals surface area contributed by atoms with Crippen LogP contribution in [0.5, 0.6) is 5.75 Å². The van der Waals surface area contributed by atoms with Gasteiger partial charge in [-0.2, -0.15) is 0 Å². The maximum atomic E-state index is 11.7. The lowest BCUT2D eigenvalue weighted by Crippen LogP contribution is -2.56. The van der Waals surface area contributed by atoms with Gasteiger partial charge in [-0.3, -0.25) is 4.79 Å². The van der Waals surface area contributed by atoms with Crippen LogP contribution in [-0.4, -0.2) is 47.0 Å². The summed E-state index contributed by atoms with van der Waals surface area (Å²) in [6.45, 7) is 4.75. The fourth-order valence-electron chi connectivity index (χ4n) is 3.39. The van der Waals surface area contributed by atoms with Crippen molar-refractivity contribution < 1.29 is 9.53 Å². The molecule has 7 nitrogen and oxygen atoms in total. The van der Waals surface area contributed by atoms with Gasteiger partial charge in [0, 0.05) is 35.8 Å². The van der Waals surface area contributed by atoms with E-state index in [0.29, 0.717) is 24.7 Å². The number of carbonyl (C=O) groups excluding carboxylic acids is 1. The zero-order valence-corrected chi connectivity index (χ0v) is 16.6. The number of fused-ring (bicyclic) bond motifs is 1. The molecule has 2 N–H and O–H groups in total. The Morgan fingerprint density at radius 3 is 2.90 bits per heavy atom. The van der Waals surface area contributed by atoms with Crippen LogP contribution in [0.3, 0.4) is 0 Å². The van der Waals surface area contributed by atoms with Crippen molar-refractivity contribution in [2.45, 2.75) is 6.04 Å². The highest BCUT2D eigenvalue weighted by molar-refractivity contribution is 5.95. The maximum Gasteiger partial charge on any atom is 0.246 e. The molecule has 1 fully saturated rings. The van der Waals surface area contributed by atoms with E-state index in [1.807, 2.05) is 36.4 Å². The number of anilines is 3. The number of amides is 1. The molecule has 2 aromatic carbocycles. The first-order valence-electron chi connectivity index (χ1n) is 9.45. The minimum Gasteiger partial charge on any atom is -0.495 e. The Kier molecular flexibility index (Phi) is 5.22. The van der Waals surface area contributed by atoms with Gasteiger partial charge in [-0.15, -0.1) is 6.42 Å². The number of benzene rings is 2. The van der Waals surface area contributed by atoms with Crippen LogP contribution in [0, 0.1) is 12.3 Å². The normalized spacial score (nSPS) is 13.3. The van der Waals surface area contributed by atoms with Crippen molar-refractivity contribution in [1.82, 2.24) is 14.9 Å². The monoisotopic (exact) mass is 399 g/mol. The number of nitrogens with zero attached hydrogens (tertiary/aromatic N) is 3. The zero-order chi connectivity index (χ0) is 21.1. The molecule has 0 atom stereocenters. The number of carbonyl (C=O) groups is 1. The van der Waals surface area contributed by atoms with Crippen LogP contribution in [0.1, 0.15) is 5.56 Å². The Labute approximate surface area is 174 Å². The molecule has 4 rings (SSSR count). The largest absolute Gasteiger partial charge is 0.495 e. The lowest BCUT2D eigenvalue weighted by molar-refractivity contribution is -0.129. The number of aromatic nitrogens is 2. The molecular weight excluding hydrogens is 378 g/mol. The second-order valence-electron chi connectivity index (χ2n) is 6.93. The number of rotatable bonds is 6. The number of methoxy groups -OCH3 is 1. The average molecular weight is 399 g/mol. The lowest BCUT2D eigenvalue weighted by Gasteiger charge is -2.39. The molecule has 7 heteroatoms. The molecule has 2 heterocycles. The zero-order valence-electron chi connectivity index (χ0n) is 16.6. The Morgan fingerprint density at radius 2 is 2.17 bits per heavy atom. The summed E-state index contributed by atoms with van der Waals surface area (Å²) >= 11 is 0. The van der Waals surface area contributed by atoms with Gasteiger partial charge >= 0.3 is 0 Å². The van der Waals surface area contributed by atoms with Crippen molar-refractivity contribution in [2.75, 3.05) is 30.8 Å². The first-order valence-corrected chi connectivity index (χ1v) is 9.45. The van der Waals surface area contributed by atoms with E-state index in [4.69, 9.17) is 11.2 Å². The molecule has 0 saturated carbocycles. The van der Waals surface area contributed by atoms with Crippen molar-refractivity contribution in [2.24, 2.45) is 0 Å². The SMILES string of the molecule is C#Cc1cccc(Nc2ncnc3cc(OC)c(NC4CN(C(=O)C=C)C4)cc23)c1. The van der Waals surface area contributed by atoms with E-state index >= 15 is 0 Å². The highest BCUT2D eigenvalue weighted by Gasteiger charge is 2.29. The van der Waals surface area contributed by atoms with Gasteiger partial charge in [0.25, 0.3) is 0 Å². The second-order valence-corrected chi connectivity index (χ2v) is 6.93. The molecule has 1 amide bonds. The van der Waals surface area contributed by atoms with E-state index in [1.54, 1.807) is 12.0 Å². The summed E-state index contributed by atoms with van der Waals surface area (Å²) in [7, 11) is 1.62. The van der Waals surface area contributed by atoms with Gasteiger partial charge in [-0.1, -0.05) is 18.6 Å². The van der Waals surface area contributed by atoms with Crippen molar-refractivity contribution in [3.8, 4) is 18.1 Å². The second kappa shape index (κ2) is 8.13. The molecule has 0 aliphatic carbocycles. The highest BCUT2D eigenvalue weighted by atomic mass is 16.5. The van der Waals surface area contributed by atoms with E-state index in [1.165, 1.54) is 12.4 Å². The lowest BCUT2D eigenvalue weighted by atomic mass is 10.1. The van der Waals surface area contributed by atoms with E-state index in [2.05, 4.69) is 33.1 Å². The minimum absolute atomic E-state index is 0.0624. The number of hydrogen-bond donors (Lipinski definition) is 2. The first kappa shape index (κ1) is 19.3. The molecule has 1 aromatic heterocycles. The number of ether oxygens (including phenoxy) is 1. The fraction of sp³-hybridized carbons (Fsp3) is 0.174. The molecule has 0 bridgehead atoms. The van der Waals surface area contributed by atoms with Crippen LogP contribution >= 0.6 is 0 Å². The molecule has 1 saturated heterocycles. The van der Waals surface area contributed by atoms with Crippen molar-refractivity contribution in [3.05, 3.63) is 60.9 Å². The number of likely N-dealkylation sites (tertiary alicyclic amines) is 1. The highest BCUT2D eigenvalue weighted by Crippen LogP contribution is 2.34. The third kappa shape index (κ3) is 3.76. The van der Waals surface area contributed by atoms with Crippen molar-refractivity contribution in [3.63, 3.8) is 0 Å². The summed E-state index contributed by atoms with van der Waals surface area (Å²) in [4.78, 5) is 22.2. The third-order valence-corrected chi connectivity index (χ3v) is 4.98. The summed E-state index contributed by atoms with van der Waals surface area (Å²) < 4.78 is 5.54. The van der Waals surface area contributed by atoms with Gasteiger partial charge in [0.1, 0.15) is 17.9 Å². The summed E-state index contributed by atoms with van der Waals surface area (Å²) in [5.41, 5.74) is 3.19. The Bertz CT molecular complexity index is 1160. The van der Waals surface area contributed by atoms with Gasteiger partial charge in [-0.05, 0) is 30.3 Å². The average Bonchev–Trinajstić information content (AvgIpc) is 2.75. The molecule has 30 heavy (non-hydrogen) atoms. The molecule has 0 unspecified atom stereocenters. The molecular formula is C23H21N5O2. The third-order valence-electron chi connectivity index (χ3n) is 4.98. The number of hydrogen-bond acceptors (Lipinski definition) is 6. The van der Waals surface area contributed by atoms with Crippen LogP contribution in [0.15, 0.2) is 55.4 Å². The Morgan fingerprint density at radius 1 is 1.33 bits per heavy atom. The van der Waals surface area contributed by atoms with Gasteiger partial charge in [-0.25, -0.2) is 9.97 Å². The minimum atomic E-state index is -0.0624. The summed E-state index contributed by atoms with van der Waals surface area (Å²) in [5.74, 6) is 3.91. The van der Waals surface area contributed by atoms with Crippen LogP contribution in [0.2, 0.25) is 0 Å². The quantitative estimate of drug-likeness (QED) is 0.490. The topological polar surface area (TPSA) is 79.4 Å². The van der Waals surface area contributed by atoms with Crippen LogP contribution in [0.4, 0.5) is 17.2 Å². The predicted molar refractivity (Wildman–Crippen MR) is 118 cm³/mol. The molecule has 1 aliphatic heterocycles. The van der Waals surface area contributed by atoms with Gasteiger partial charge < -0.3 is 20.3 Å². The van der Waals surface area contributed by atoms with Gasteiger partial charge in [0.2, 0.25) is 5.91 Å². The number of terminal acetylenes is 1. The van der Waals surface area contributed by atoms with Crippen molar-refractivity contribution in [1.29, 1.82) is 0 Å². The van der Waals surface area contributed by atoms with Crippen LogP contribution in [-0.2, 0) is 4.79 Å². The number of nitrogens with one attached hydrogen (secondary N) is 2. The van der Waals surface area contributed by atoms with Gasteiger partial charge in [0.15, 0.2) is 0 Å². The first-order chi connectivity index (χ1) is 14.6. The smallest absolute Gasteiger partial charge is 0.246 e. The molecule has 0 spiro atoms. The van der Waals surface area contributed by atoms with E-state index in [9.17, 15) is 4.79 Å². The molecule has 150 valence electrons. The van der Waals surface area contributed by atoms with E-state index in [0.717, 1.165) is 27.8 Å². The summed E-state index contributed by atoms with van der Waals surface area (Å²) in [6, 6.07) is 11.5. The molecule has 0 radical (unpaired) electrons. The Hall–Kier alpha value is -4.05. The predicted octanol–water partition coefficient (Wildman–Crippen LogP) is 3.17. The summed E-state index contributed by atoms with van der Waals surface area (Å²) in [5, 5.41) is 7.60. The van der Waals surface area contributed by atoms with Crippen LogP contribution in [0.25, 0.3) is 10.9 Å². The van der Waals surface area contributed by atoms with Crippen LogP contribution < -0.4 is 15.4 Å².